The normalized spacial score (nSPS) is 15.8. The molecular formula is C28H29FN6OS. The van der Waals surface area contributed by atoms with Crippen molar-refractivity contribution in [1.82, 2.24) is 0 Å². The molecule has 0 unspecified atom stereocenters. The first-order valence-electron chi connectivity index (χ1n) is 12.0. The Kier molecular flexibility index (Phi) is 9.04. The standard InChI is InChI=1S/C28H29FN6OS/c1-20(2)25-6-3-4-7-26(25)35-16-5-17-37-28(35)34-33-18-21-8-10-22(11-9-21)27(30)32-19-31-23-12-14-24(36-29)15-13-23/h3-4,6-15,18-20H,5,16-17H2,1-2H3,(H2,30,31,32)/b33-18+,34-28-. The maximum Gasteiger partial charge on any atom is 0.190 e. The van der Waals surface area contributed by atoms with Gasteiger partial charge in [-0.05, 0) is 53.8 Å². The number of anilines is 1. The summed E-state index contributed by atoms with van der Waals surface area (Å²) in [5.41, 5.74) is 10.9. The maximum absolute atomic E-state index is 12.1. The summed E-state index contributed by atoms with van der Waals surface area (Å²) < 4.78 is 12.1. The predicted molar refractivity (Wildman–Crippen MR) is 153 cm³/mol. The van der Waals surface area contributed by atoms with Crippen LogP contribution in [0.25, 0.3) is 0 Å². The summed E-state index contributed by atoms with van der Waals surface area (Å²) in [6.45, 7) is 5.35. The Morgan fingerprint density at radius 2 is 1.81 bits per heavy atom. The smallest absolute Gasteiger partial charge is 0.190 e. The quantitative estimate of drug-likeness (QED) is 0.211. The molecule has 0 aliphatic carbocycles. The number of para-hydroxylation sites is 1. The van der Waals surface area contributed by atoms with E-state index >= 15 is 0 Å². The number of amidine groups is 2. The van der Waals surface area contributed by atoms with Crippen molar-refractivity contribution in [3.05, 3.63) is 89.5 Å². The van der Waals surface area contributed by atoms with E-state index in [2.05, 4.69) is 68.1 Å². The molecule has 7 nitrogen and oxygen atoms in total. The number of halogens is 1. The summed E-state index contributed by atoms with van der Waals surface area (Å²) in [6, 6.07) is 22.2. The van der Waals surface area contributed by atoms with Crippen LogP contribution in [0.2, 0.25) is 0 Å². The summed E-state index contributed by atoms with van der Waals surface area (Å²) in [5.74, 6) is 1.90. The summed E-state index contributed by atoms with van der Waals surface area (Å²) in [4.78, 5) is 14.3. The molecule has 0 aromatic heterocycles. The zero-order chi connectivity index (χ0) is 26.0. The molecule has 2 N–H and O–H groups in total. The lowest BCUT2D eigenvalue weighted by atomic mass is 10.0. The van der Waals surface area contributed by atoms with Crippen molar-refractivity contribution in [2.45, 2.75) is 26.2 Å². The molecule has 190 valence electrons. The highest BCUT2D eigenvalue weighted by Crippen LogP contribution is 2.32. The van der Waals surface area contributed by atoms with Gasteiger partial charge in [0.2, 0.25) is 0 Å². The van der Waals surface area contributed by atoms with Crippen molar-refractivity contribution in [1.29, 1.82) is 0 Å². The van der Waals surface area contributed by atoms with Crippen LogP contribution in [0, 0.1) is 0 Å². The Morgan fingerprint density at radius 3 is 2.54 bits per heavy atom. The van der Waals surface area contributed by atoms with Crippen LogP contribution in [0.5, 0.6) is 5.75 Å². The molecule has 0 amide bonds. The molecule has 3 aromatic carbocycles. The van der Waals surface area contributed by atoms with E-state index < -0.39 is 0 Å². The monoisotopic (exact) mass is 516 g/mol. The molecule has 1 heterocycles. The molecule has 0 saturated carbocycles. The van der Waals surface area contributed by atoms with E-state index in [1.54, 1.807) is 30.1 Å². The Labute approximate surface area is 220 Å². The highest BCUT2D eigenvalue weighted by atomic mass is 32.2. The minimum atomic E-state index is 0.114. The van der Waals surface area contributed by atoms with Crippen LogP contribution in [0.4, 0.5) is 15.9 Å². The molecule has 1 fully saturated rings. The van der Waals surface area contributed by atoms with Crippen molar-refractivity contribution in [2.24, 2.45) is 25.9 Å². The largest absolute Gasteiger partial charge is 0.383 e. The lowest BCUT2D eigenvalue weighted by molar-refractivity contribution is -0.00618. The predicted octanol–water partition coefficient (Wildman–Crippen LogP) is 6.47. The third-order valence-electron chi connectivity index (χ3n) is 5.72. The lowest BCUT2D eigenvalue weighted by Crippen LogP contribution is -2.34. The third-order valence-corrected chi connectivity index (χ3v) is 6.78. The van der Waals surface area contributed by atoms with Gasteiger partial charge in [-0.15, -0.1) is 5.10 Å². The summed E-state index contributed by atoms with van der Waals surface area (Å²) in [6.07, 6.45) is 4.20. The number of hydrogen-bond donors (Lipinski definition) is 1. The molecular weight excluding hydrogens is 487 g/mol. The Balaban J connectivity index is 1.42. The molecule has 0 spiro atoms. The molecule has 1 saturated heterocycles. The molecule has 0 atom stereocenters. The maximum atomic E-state index is 12.1. The molecule has 1 aliphatic heterocycles. The second-order valence-corrected chi connectivity index (χ2v) is 9.71. The van der Waals surface area contributed by atoms with E-state index in [0.717, 1.165) is 35.0 Å². The average Bonchev–Trinajstić information content (AvgIpc) is 2.94. The fourth-order valence-electron chi connectivity index (χ4n) is 3.79. The van der Waals surface area contributed by atoms with Gasteiger partial charge in [0.05, 0.1) is 11.9 Å². The number of aliphatic imine (C=N–C) groups is 2. The average molecular weight is 517 g/mol. The summed E-state index contributed by atoms with van der Waals surface area (Å²) >= 11 is 1.73. The van der Waals surface area contributed by atoms with E-state index in [1.807, 2.05) is 24.3 Å². The second kappa shape index (κ2) is 12.8. The number of benzene rings is 3. The summed E-state index contributed by atoms with van der Waals surface area (Å²) in [5, 5.41) is 9.84. The van der Waals surface area contributed by atoms with E-state index in [1.165, 1.54) is 29.7 Å². The molecule has 0 radical (unpaired) electrons. The van der Waals surface area contributed by atoms with Crippen molar-refractivity contribution in [3.8, 4) is 5.75 Å². The molecule has 37 heavy (non-hydrogen) atoms. The van der Waals surface area contributed by atoms with Gasteiger partial charge in [0.25, 0.3) is 0 Å². The molecule has 0 bridgehead atoms. The highest BCUT2D eigenvalue weighted by molar-refractivity contribution is 8.14. The van der Waals surface area contributed by atoms with Gasteiger partial charge in [0.15, 0.2) is 10.9 Å². The lowest BCUT2D eigenvalue weighted by Gasteiger charge is -2.31. The minimum Gasteiger partial charge on any atom is -0.383 e. The Morgan fingerprint density at radius 1 is 1.05 bits per heavy atom. The first-order chi connectivity index (χ1) is 18.0. The van der Waals surface area contributed by atoms with Crippen molar-refractivity contribution in [2.75, 3.05) is 17.2 Å². The molecule has 4 rings (SSSR count). The van der Waals surface area contributed by atoms with Crippen LogP contribution < -0.4 is 15.6 Å². The van der Waals surface area contributed by atoms with Crippen LogP contribution in [-0.2, 0) is 0 Å². The number of nitrogens with zero attached hydrogens (tertiary/aromatic N) is 5. The highest BCUT2D eigenvalue weighted by Gasteiger charge is 2.22. The van der Waals surface area contributed by atoms with Gasteiger partial charge in [0.1, 0.15) is 12.2 Å². The first kappa shape index (κ1) is 26.1. The van der Waals surface area contributed by atoms with Crippen molar-refractivity contribution < 1.29 is 9.47 Å². The van der Waals surface area contributed by atoms with Crippen molar-refractivity contribution in [3.63, 3.8) is 0 Å². The van der Waals surface area contributed by atoms with Gasteiger partial charge in [0, 0.05) is 28.1 Å². The van der Waals surface area contributed by atoms with Crippen LogP contribution in [0.3, 0.4) is 0 Å². The molecule has 3 aromatic rings. The van der Waals surface area contributed by atoms with Gasteiger partial charge in [-0.2, -0.15) is 5.10 Å². The van der Waals surface area contributed by atoms with Gasteiger partial charge in [-0.25, -0.2) is 9.98 Å². The third kappa shape index (κ3) is 7.04. The zero-order valence-electron chi connectivity index (χ0n) is 20.8. The summed E-state index contributed by atoms with van der Waals surface area (Å²) in [7, 11) is 0. The van der Waals surface area contributed by atoms with E-state index in [-0.39, 0.29) is 5.75 Å². The first-order valence-corrected chi connectivity index (χ1v) is 13.0. The Bertz CT molecular complexity index is 1300. The van der Waals surface area contributed by atoms with Gasteiger partial charge >= 0.3 is 0 Å². The van der Waals surface area contributed by atoms with E-state index in [9.17, 15) is 4.53 Å². The Hall–Kier alpha value is -3.98. The van der Waals surface area contributed by atoms with Crippen LogP contribution >= 0.6 is 11.8 Å². The molecule has 1 aliphatic rings. The van der Waals surface area contributed by atoms with E-state index in [0.29, 0.717) is 17.4 Å². The SMILES string of the molecule is CC(C)c1ccccc1N1CCCS/C1=N\N=C\c1ccc(C(N)=NC=Nc2ccc(OF)cc2)cc1. The van der Waals surface area contributed by atoms with Gasteiger partial charge < -0.3 is 10.6 Å². The number of hydrogen-bond acceptors (Lipinski definition) is 5. The molecule has 9 heteroatoms. The van der Waals surface area contributed by atoms with Crippen molar-refractivity contribution >= 4 is 46.7 Å². The van der Waals surface area contributed by atoms with Crippen LogP contribution in [0.1, 0.15) is 42.9 Å². The second-order valence-electron chi connectivity index (χ2n) is 8.65. The van der Waals surface area contributed by atoms with Crippen LogP contribution in [-0.4, -0.2) is 35.9 Å². The number of thioether (sulfide) groups is 1. The fraction of sp³-hybridized carbons (Fsp3) is 0.214. The van der Waals surface area contributed by atoms with E-state index in [4.69, 9.17) is 5.73 Å². The zero-order valence-corrected chi connectivity index (χ0v) is 21.6. The van der Waals surface area contributed by atoms with Gasteiger partial charge in [-0.1, -0.05) is 68.1 Å². The fourth-order valence-corrected chi connectivity index (χ4v) is 4.69. The number of rotatable bonds is 8. The minimum absolute atomic E-state index is 0.114. The number of nitrogens with two attached hydrogens (primary N) is 1. The van der Waals surface area contributed by atoms with Gasteiger partial charge in [-0.3, -0.25) is 4.94 Å². The van der Waals surface area contributed by atoms with Crippen LogP contribution in [0.15, 0.2) is 93.0 Å². The topological polar surface area (TPSA) is 87.9 Å².